The van der Waals surface area contributed by atoms with Crippen LogP contribution in [0.5, 0.6) is 5.75 Å². The Hall–Kier alpha value is -0.540. The average Bonchev–Trinajstić information content (AvgIpc) is 2.41. The maximum Gasteiger partial charge on any atom is 0.133 e. The molecule has 0 saturated heterocycles. The summed E-state index contributed by atoms with van der Waals surface area (Å²) in [6.07, 6.45) is 5.01. The van der Waals surface area contributed by atoms with Gasteiger partial charge in [-0.3, -0.25) is 0 Å². The summed E-state index contributed by atoms with van der Waals surface area (Å²) in [6, 6.07) is 6.30. The van der Waals surface area contributed by atoms with Gasteiger partial charge in [-0.25, -0.2) is 0 Å². The molecule has 2 nitrogen and oxygen atoms in total. The molecule has 0 saturated carbocycles. The SMILES string of the molecule is CCCCC(CC)COc1ccc(CNC)cc1Br. The van der Waals surface area contributed by atoms with Crippen LogP contribution in [0, 0.1) is 5.92 Å². The van der Waals surface area contributed by atoms with E-state index in [1.807, 2.05) is 7.05 Å². The lowest BCUT2D eigenvalue weighted by Gasteiger charge is -2.16. The fourth-order valence-corrected chi connectivity index (χ4v) is 2.62. The molecule has 0 radical (unpaired) electrons. The molecule has 1 aromatic rings. The lowest BCUT2D eigenvalue weighted by Crippen LogP contribution is -2.11. The van der Waals surface area contributed by atoms with Crippen molar-refractivity contribution >= 4 is 15.9 Å². The van der Waals surface area contributed by atoms with Crippen LogP contribution in [0.1, 0.15) is 45.1 Å². The third-order valence-electron chi connectivity index (χ3n) is 3.40. The second-order valence-electron chi connectivity index (χ2n) is 5.02. The van der Waals surface area contributed by atoms with E-state index in [1.54, 1.807) is 0 Å². The van der Waals surface area contributed by atoms with Gasteiger partial charge < -0.3 is 10.1 Å². The second kappa shape index (κ2) is 9.38. The van der Waals surface area contributed by atoms with Gasteiger partial charge in [0.15, 0.2) is 0 Å². The van der Waals surface area contributed by atoms with Crippen molar-refractivity contribution in [2.24, 2.45) is 5.92 Å². The highest BCUT2D eigenvalue weighted by molar-refractivity contribution is 9.10. The fourth-order valence-electron chi connectivity index (χ4n) is 2.08. The van der Waals surface area contributed by atoms with Crippen molar-refractivity contribution in [3.63, 3.8) is 0 Å². The van der Waals surface area contributed by atoms with Crippen molar-refractivity contribution in [3.8, 4) is 5.75 Å². The van der Waals surface area contributed by atoms with E-state index in [4.69, 9.17) is 4.74 Å². The van der Waals surface area contributed by atoms with Gasteiger partial charge in [0.1, 0.15) is 5.75 Å². The number of unbranched alkanes of at least 4 members (excludes halogenated alkanes) is 1. The molecule has 1 unspecified atom stereocenters. The first-order valence-electron chi connectivity index (χ1n) is 7.27. The molecule has 0 fully saturated rings. The molecule has 0 bridgehead atoms. The van der Waals surface area contributed by atoms with E-state index in [9.17, 15) is 0 Å². The zero-order valence-corrected chi connectivity index (χ0v) is 13.9. The molecule has 1 aromatic carbocycles. The molecule has 1 N–H and O–H groups in total. The summed E-state index contributed by atoms with van der Waals surface area (Å²) < 4.78 is 7.00. The van der Waals surface area contributed by atoms with E-state index in [-0.39, 0.29) is 0 Å². The second-order valence-corrected chi connectivity index (χ2v) is 5.88. The predicted molar refractivity (Wildman–Crippen MR) is 85.7 cm³/mol. The van der Waals surface area contributed by atoms with Crippen molar-refractivity contribution in [1.82, 2.24) is 5.32 Å². The topological polar surface area (TPSA) is 21.3 Å². The van der Waals surface area contributed by atoms with Crippen LogP contribution in [0.15, 0.2) is 22.7 Å². The predicted octanol–water partition coefficient (Wildman–Crippen LogP) is 4.76. The van der Waals surface area contributed by atoms with E-state index in [1.165, 1.54) is 31.2 Å². The van der Waals surface area contributed by atoms with Crippen LogP contribution in [-0.4, -0.2) is 13.7 Å². The van der Waals surface area contributed by atoms with Crippen LogP contribution in [0.25, 0.3) is 0 Å². The van der Waals surface area contributed by atoms with Crippen LogP contribution in [0.2, 0.25) is 0 Å². The molecule has 0 amide bonds. The first-order chi connectivity index (χ1) is 9.21. The molecule has 0 spiro atoms. The minimum absolute atomic E-state index is 0.670. The Morgan fingerprint density at radius 1 is 1.32 bits per heavy atom. The van der Waals surface area contributed by atoms with Gasteiger partial charge in [-0.05, 0) is 53.0 Å². The highest BCUT2D eigenvalue weighted by atomic mass is 79.9. The van der Waals surface area contributed by atoms with Crippen LogP contribution in [0.4, 0.5) is 0 Å². The minimum atomic E-state index is 0.670. The lowest BCUT2D eigenvalue weighted by atomic mass is 10.0. The third kappa shape index (κ3) is 5.96. The van der Waals surface area contributed by atoms with Crippen molar-refractivity contribution in [1.29, 1.82) is 0 Å². The molecule has 108 valence electrons. The van der Waals surface area contributed by atoms with Gasteiger partial charge in [-0.1, -0.05) is 39.2 Å². The summed E-state index contributed by atoms with van der Waals surface area (Å²) >= 11 is 3.59. The van der Waals surface area contributed by atoms with Gasteiger partial charge in [-0.2, -0.15) is 0 Å². The molecular weight excluding hydrogens is 302 g/mol. The Bertz CT molecular complexity index is 368. The van der Waals surface area contributed by atoms with Crippen LogP contribution >= 0.6 is 15.9 Å². The molecule has 0 aliphatic heterocycles. The molecule has 3 heteroatoms. The number of rotatable bonds is 9. The maximum atomic E-state index is 5.95. The fraction of sp³-hybridized carbons (Fsp3) is 0.625. The number of ether oxygens (including phenoxy) is 1. The van der Waals surface area contributed by atoms with Crippen LogP contribution in [-0.2, 0) is 6.54 Å². The number of hydrogen-bond donors (Lipinski definition) is 1. The standard InChI is InChI=1S/C16H26BrNO/c1-4-6-7-13(5-2)12-19-16-9-8-14(11-18-3)10-15(16)17/h8-10,13,18H,4-7,11-12H2,1-3H3. The van der Waals surface area contributed by atoms with E-state index >= 15 is 0 Å². The molecule has 1 rings (SSSR count). The maximum absolute atomic E-state index is 5.95. The summed E-state index contributed by atoms with van der Waals surface area (Å²) in [7, 11) is 1.96. The quantitative estimate of drug-likeness (QED) is 0.705. The summed E-state index contributed by atoms with van der Waals surface area (Å²) in [5, 5.41) is 3.15. The van der Waals surface area contributed by atoms with E-state index < -0.39 is 0 Å². The largest absolute Gasteiger partial charge is 0.492 e. The Kier molecular flexibility index (Phi) is 8.15. The van der Waals surface area contributed by atoms with Gasteiger partial charge in [-0.15, -0.1) is 0 Å². The van der Waals surface area contributed by atoms with Crippen molar-refractivity contribution < 1.29 is 4.74 Å². The lowest BCUT2D eigenvalue weighted by molar-refractivity contribution is 0.232. The van der Waals surface area contributed by atoms with Crippen molar-refractivity contribution in [3.05, 3.63) is 28.2 Å². The smallest absolute Gasteiger partial charge is 0.133 e. The van der Waals surface area contributed by atoms with Crippen molar-refractivity contribution in [2.45, 2.75) is 46.1 Å². The summed E-state index contributed by atoms with van der Waals surface area (Å²) in [6.45, 7) is 6.19. The Morgan fingerprint density at radius 2 is 2.11 bits per heavy atom. The van der Waals surface area contributed by atoms with Crippen LogP contribution in [0.3, 0.4) is 0 Å². The minimum Gasteiger partial charge on any atom is -0.492 e. The summed E-state index contributed by atoms with van der Waals surface area (Å²) in [5.41, 5.74) is 1.26. The zero-order chi connectivity index (χ0) is 14.1. The Balaban J connectivity index is 2.52. The number of hydrogen-bond acceptors (Lipinski definition) is 2. The van der Waals surface area contributed by atoms with Gasteiger partial charge >= 0.3 is 0 Å². The van der Waals surface area contributed by atoms with Gasteiger partial charge in [0, 0.05) is 6.54 Å². The van der Waals surface area contributed by atoms with E-state index in [0.717, 1.165) is 23.4 Å². The van der Waals surface area contributed by atoms with Gasteiger partial charge in [0.05, 0.1) is 11.1 Å². The number of nitrogens with one attached hydrogen (secondary N) is 1. The van der Waals surface area contributed by atoms with Crippen LogP contribution < -0.4 is 10.1 Å². The molecule has 0 aliphatic carbocycles. The monoisotopic (exact) mass is 327 g/mol. The molecule has 19 heavy (non-hydrogen) atoms. The molecular formula is C16H26BrNO. The van der Waals surface area contributed by atoms with Crippen molar-refractivity contribution in [2.75, 3.05) is 13.7 Å². The highest BCUT2D eigenvalue weighted by Gasteiger charge is 2.09. The highest BCUT2D eigenvalue weighted by Crippen LogP contribution is 2.27. The Morgan fingerprint density at radius 3 is 2.68 bits per heavy atom. The molecule has 0 aliphatic rings. The average molecular weight is 328 g/mol. The van der Waals surface area contributed by atoms with Gasteiger partial charge in [0.25, 0.3) is 0 Å². The van der Waals surface area contributed by atoms with E-state index in [0.29, 0.717) is 5.92 Å². The van der Waals surface area contributed by atoms with E-state index in [2.05, 4.69) is 53.3 Å². The normalized spacial score (nSPS) is 12.4. The summed E-state index contributed by atoms with van der Waals surface area (Å²) in [5.74, 6) is 1.62. The molecule has 1 atom stereocenters. The number of benzene rings is 1. The molecule has 0 heterocycles. The third-order valence-corrected chi connectivity index (χ3v) is 4.01. The first kappa shape index (κ1) is 16.5. The first-order valence-corrected chi connectivity index (χ1v) is 8.06. The molecule has 0 aromatic heterocycles. The summed E-state index contributed by atoms with van der Waals surface area (Å²) in [4.78, 5) is 0. The zero-order valence-electron chi connectivity index (χ0n) is 12.3. The Labute approximate surface area is 126 Å². The number of halogens is 1. The van der Waals surface area contributed by atoms with Gasteiger partial charge in [0.2, 0.25) is 0 Å².